The first-order chi connectivity index (χ1) is 13.6. The van der Waals surface area contributed by atoms with E-state index in [1.165, 1.54) is 5.57 Å². The molecule has 5 aliphatic rings. The van der Waals surface area contributed by atoms with Gasteiger partial charge in [0.2, 0.25) is 0 Å². The van der Waals surface area contributed by atoms with Gasteiger partial charge in [0.05, 0.1) is 10.9 Å². The van der Waals surface area contributed by atoms with E-state index in [4.69, 9.17) is 0 Å². The van der Waals surface area contributed by atoms with Crippen LogP contribution in [0.15, 0.2) is 11.6 Å². The second kappa shape index (κ2) is 6.40. The Bertz CT molecular complexity index is 762. The van der Waals surface area contributed by atoms with Crippen molar-refractivity contribution in [1.82, 2.24) is 0 Å². The molecule has 9 atom stereocenters. The van der Waals surface area contributed by atoms with Crippen LogP contribution >= 0.6 is 15.9 Å². The normalized spacial score (nSPS) is 56.1. The van der Waals surface area contributed by atoms with Gasteiger partial charge >= 0.3 is 0 Å². The quantitative estimate of drug-likeness (QED) is 0.399. The van der Waals surface area contributed by atoms with Crippen molar-refractivity contribution < 1.29 is 14.3 Å². The van der Waals surface area contributed by atoms with E-state index in [9.17, 15) is 9.90 Å². The summed E-state index contributed by atoms with van der Waals surface area (Å²) >= 11 is 3.40. The van der Waals surface area contributed by atoms with Crippen molar-refractivity contribution in [3.8, 4) is 0 Å². The zero-order chi connectivity index (χ0) is 20.8. The third-order valence-electron chi connectivity index (χ3n) is 10.4. The molecule has 2 nitrogen and oxygen atoms in total. The largest absolute Gasteiger partial charge is 0.390 e. The van der Waals surface area contributed by atoms with Crippen LogP contribution in [0.2, 0.25) is 0 Å². The first kappa shape index (κ1) is 20.7. The fraction of sp³-hybridized carbons (Fsp3) is 0.880. The summed E-state index contributed by atoms with van der Waals surface area (Å²) in [5.74, 6) is 2.27. The predicted molar refractivity (Wildman–Crippen MR) is 117 cm³/mol. The molecule has 9 unspecified atom stereocenters. The SMILES string of the molecule is CC1=CC2(F)CC3C(CCC4(C)C(C(=O)CBr)CCC34)C3CCC(C)(O)CC32C1. The first-order valence-corrected chi connectivity index (χ1v) is 12.9. The van der Waals surface area contributed by atoms with Gasteiger partial charge in [0, 0.05) is 11.3 Å². The van der Waals surface area contributed by atoms with Gasteiger partial charge in [-0.05, 0) is 107 Å². The number of fused-ring (bicyclic) bond motifs is 4. The molecule has 1 N–H and O–H groups in total. The van der Waals surface area contributed by atoms with Crippen molar-refractivity contribution in [2.45, 2.75) is 89.8 Å². The van der Waals surface area contributed by atoms with Crippen LogP contribution in [-0.4, -0.2) is 27.5 Å². The summed E-state index contributed by atoms with van der Waals surface area (Å²) in [7, 11) is 0. The zero-order valence-electron chi connectivity index (χ0n) is 18.1. The predicted octanol–water partition coefficient (Wildman–Crippen LogP) is 6.01. The summed E-state index contributed by atoms with van der Waals surface area (Å²) in [4.78, 5) is 12.7. The lowest BCUT2D eigenvalue weighted by Crippen LogP contribution is -2.63. The molecule has 0 saturated heterocycles. The van der Waals surface area contributed by atoms with Gasteiger partial charge in [-0.2, -0.15) is 0 Å². The van der Waals surface area contributed by atoms with Gasteiger partial charge in [-0.15, -0.1) is 0 Å². The Morgan fingerprint density at radius 1 is 1.17 bits per heavy atom. The summed E-state index contributed by atoms with van der Waals surface area (Å²) in [6.45, 7) is 6.34. The molecule has 5 aliphatic carbocycles. The maximum absolute atomic E-state index is 16.9. The monoisotopic (exact) mass is 466 g/mol. The topological polar surface area (TPSA) is 37.3 Å². The Morgan fingerprint density at radius 3 is 2.66 bits per heavy atom. The van der Waals surface area contributed by atoms with Crippen molar-refractivity contribution in [1.29, 1.82) is 0 Å². The molecule has 0 aromatic heterocycles. The standard InChI is InChI=1S/C25H36BrFO2/c1-15-10-24-14-22(2,29)8-7-19(24)16-6-9-23(3)18(4-5-20(23)21(28)13-26)17(16)12-25(24,27)11-15/h11,16-20,29H,4-10,12-14H2,1-3H3. The minimum absolute atomic E-state index is 0.0416. The van der Waals surface area contributed by atoms with Crippen LogP contribution in [0.4, 0.5) is 4.39 Å². The molecule has 0 aliphatic heterocycles. The molecule has 1 spiro atoms. The lowest BCUT2D eigenvalue weighted by atomic mass is 9.41. The molecule has 0 bridgehead atoms. The van der Waals surface area contributed by atoms with E-state index in [-0.39, 0.29) is 11.3 Å². The van der Waals surface area contributed by atoms with E-state index < -0.39 is 16.7 Å². The average molecular weight is 467 g/mol. The first-order valence-electron chi connectivity index (χ1n) is 11.7. The molecule has 4 fully saturated rings. The van der Waals surface area contributed by atoms with Crippen LogP contribution in [0.25, 0.3) is 0 Å². The Morgan fingerprint density at radius 2 is 1.93 bits per heavy atom. The number of aliphatic hydroxyl groups is 1. The fourth-order valence-electron chi connectivity index (χ4n) is 9.48. The van der Waals surface area contributed by atoms with Crippen LogP contribution in [0, 0.1) is 40.4 Å². The number of carbonyl (C=O) groups is 1. The minimum Gasteiger partial charge on any atom is -0.390 e. The highest BCUT2D eigenvalue weighted by molar-refractivity contribution is 9.09. The van der Waals surface area contributed by atoms with Crippen molar-refractivity contribution in [2.75, 3.05) is 5.33 Å². The van der Waals surface area contributed by atoms with E-state index in [1.54, 1.807) is 0 Å². The molecule has 4 heteroatoms. The maximum atomic E-state index is 16.9. The van der Waals surface area contributed by atoms with Gasteiger partial charge in [-0.1, -0.05) is 28.4 Å². The maximum Gasteiger partial charge on any atom is 0.147 e. The highest BCUT2D eigenvalue weighted by Gasteiger charge is 2.70. The number of hydrogen-bond donors (Lipinski definition) is 1. The van der Waals surface area contributed by atoms with Gasteiger partial charge in [0.1, 0.15) is 11.5 Å². The molecule has 162 valence electrons. The van der Waals surface area contributed by atoms with Crippen molar-refractivity contribution in [3.05, 3.63) is 11.6 Å². The number of carbonyl (C=O) groups excluding carboxylic acids is 1. The smallest absolute Gasteiger partial charge is 0.147 e. The Kier molecular flexibility index (Phi) is 4.56. The molecule has 0 aromatic rings. The summed E-state index contributed by atoms with van der Waals surface area (Å²) in [5.41, 5.74) is -1.22. The van der Waals surface area contributed by atoms with Crippen LogP contribution in [-0.2, 0) is 4.79 Å². The van der Waals surface area contributed by atoms with E-state index in [0.717, 1.165) is 44.9 Å². The van der Waals surface area contributed by atoms with Gasteiger partial charge in [-0.25, -0.2) is 4.39 Å². The van der Waals surface area contributed by atoms with Crippen molar-refractivity contribution in [2.24, 2.45) is 40.4 Å². The van der Waals surface area contributed by atoms with Gasteiger partial charge in [-0.3, -0.25) is 4.79 Å². The van der Waals surface area contributed by atoms with Crippen molar-refractivity contribution in [3.63, 3.8) is 0 Å². The molecule has 0 heterocycles. The molecule has 29 heavy (non-hydrogen) atoms. The molecule has 5 rings (SSSR count). The molecule has 0 radical (unpaired) electrons. The molecule has 4 saturated carbocycles. The highest BCUT2D eigenvalue weighted by Crippen LogP contribution is 2.73. The molecular formula is C25H36BrFO2. The lowest BCUT2D eigenvalue weighted by molar-refractivity contribution is -0.196. The highest BCUT2D eigenvalue weighted by atomic mass is 79.9. The van der Waals surface area contributed by atoms with Gasteiger partial charge < -0.3 is 5.11 Å². The number of ketones is 1. The third-order valence-corrected chi connectivity index (χ3v) is 10.9. The zero-order valence-corrected chi connectivity index (χ0v) is 19.7. The third kappa shape index (κ3) is 2.69. The summed E-state index contributed by atoms with van der Waals surface area (Å²) < 4.78 is 16.9. The minimum atomic E-state index is -1.29. The second-order valence-electron chi connectivity index (χ2n) is 11.9. The molecule has 0 amide bonds. The van der Waals surface area contributed by atoms with E-state index in [0.29, 0.717) is 47.6 Å². The number of rotatable bonds is 2. The number of halogens is 2. The average Bonchev–Trinajstić information content (AvgIpc) is 3.10. The van der Waals surface area contributed by atoms with E-state index in [1.807, 2.05) is 13.0 Å². The van der Waals surface area contributed by atoms with Crippen LogP contribution in [0.1, 0.15) is 78.6 Å². The Hall–Kier alpha value is -0.220. The van der Waals surface area contributed by atoms with Crippen LogP contribution in [0.3, 0.4) is 0 Å². The summed E-state index contributed by atoms with van der Waals surface area (Å²) in [5, 5.41) is 11.4. The number of Topliss-reactive ketones (excluding diaryl/α,β-unsaturated/α-hetero) is 1. The number of alkyl halides is 2. The Labute approximate surface area is 183 Å². The van der Waals surface area contributed by atoms with E-state index >= 15 is 4.39 Å². The van der Waals surface area contributed by atoms with Crippen LogP contribution < -0.4 is 0 Å². The lowest BCUT2D eigenvalue weighted by Gasteiger charge is -2.64. The fourth-order valence-corrected chi connectivity index (χ4v) is 9.87. The molecular weight excluding hydrogens is 431 g/mol. The number of allylic oxidation sites excluding steroid dienone is 2. The Balaban J connectivity index is 1.53. The summed E-state index contributed by atoms with van der Waals surface area (Å²) in [6.07, 6.45) is 10.0. The van der Waals surface area contributed by atoms with E-state index in [2.05, 4.69) is 29.8 Å². The summed E-state index contributed by atoms with van der Waals surface area (Å²) in [6, 6.07) is 0. The second-order valence-corrected chi connectivity index (χ2v) is 12.5. The van der Waals surface area contributed by atoms with Gasteiger partial charge in [0.15, 0.2) is 0 Å². The molecule has 0 aromatic carbocycles. The van der Waals surface area contributed by atoms with Crippen molar-refractivity contribution >= 4 is 21.7 Å². The van der Waals surface area contributed by atoms with Crippen LogP contribution in [0.5, 0.6) is 0 Å². The van der Waals surface area contributed by atoms with Gasteiger partial charge in [0.25, 0.3) is 0 Å². The number of hydrogen-bond acceptors (Lipinski definition) is 2.